The van der Waals surface area contributed by atoms with E-state index < -0.39 is 0 Å². The number of carbonyl (C=O) groups is 1. The molecule has 144 valence electrons. The highest BCUT2D eigenvalue weighted by Gasteiger charge is 2.28. The van der Waals surface area contributed by atoms with E-state index in [1.165, 1.54) is 37.8 Å². The SMILES string of the molecule is NCC(NC(=O)N1CCc2c(cnn2-c2ccccc2)C1)C1CCCCC1. The van der Waals surface area contributed by atoms with Crippen LogP contribution in [0.4, 0.5) is 4.79 Å². The Labute approximate surface area is 160 Å². The van der Waals surface area contributed by atoms with Crippen LogP contribution in [0.1, 0.15) is 43.4 Å². The minimum atomic E-state index is 0.00846. The number of aromatic nitrogens is 2. The van der Waals surface area contributed by atoms with Crippen LogP contribution in [0.15, 0.2) is 36.5 Å². The Hall–Kier alpha value is -2.34. The van der Waals surface area contributed by atoms with E-state index in [4.69, 9.17) is 5.73 Å². The third-order valence-electron chi connectivity index (χ3n) is 6.00. The number of nitrogens with zero attached hydrogens (tertiary/aromatic N) is 3. The molecule has 2 aliphatic rings. The molecule has 1 aromatic carbocycles. The topological polar surface area (TPSA) is 76.2 Å². The van der Waals surface area contributed by atoms with Crippen LogP contribution >= 0.6 is 0 Å². The summed E-state index contributed by atoms with van der Waals surface area (Å²) < 4.78 is 2.00. The summed E-state index contributed by atoms with van der Waals surface area (Å²) in [6.07, 6.45) is 8.87. The lowest BCUT2D eigenvalue weighted by molar-refractivity contribution is 0.178. The Balaban J connectivity index is 1.42. The van der Waals surface area contributed by atoms with Crippen molar-refractivity contribution in [2.45, 2.75) is 51.1 Å². The highest BCUT2D eigenvalue weighted by molar-refractivity contribution is 5.75. The van der Waals surface area contributed by atoms with Crippen molar-refractivity contribution < 1.29 is 4.79 Å². The van der Waals surface area contributed by atoms with E-state index in [9.17, 15) is 4.79 Å². The summed E-state index contributed by atoms with van der Waals surface area (Å²) >= 11 is 0. The van der Waals surface area contributed by atoms with Gasteiger partial charge in [0.1, 0.15) is 0 Å². The summed E-state index contributed by atoms with van der Waals surface area (Å²) in [6.45, 7) is 1.83. The molecule has 2 heterocycles. The van der Waals surface area contributed by atoms with Crippen molar-refractivity contribution in [2.75, 3.05) is 13.1 Å². The second-order valence-electron chi connectivity index (χ2n) is 7.73. The number of hydrogen-bond donors (Lipinski definition) is 2. The van der Waals surface area contributed by atoms with E-state index in [1.807, 2.05) is 34.0 Å². The fourth-order valence-corrected chi connectivity index (χ4v) is 4.45. The van der Waals surface area contributed by atoms with Gasteiger partial charge in [-0.15, -0.1) is 0 Å². The van der Waals surface area contributed by atoms with Gasteiger partial charge in [-0.2, -0.15) is 5.10 Å². The van der Waals surface area contributed by atoms with Gasteiger partial charge in [-0.1, -0.05) is 37.5 Å². The largest absolute Gasteiger partial charge is 0.334 e. The molecule has 1 unspecified atom stereocenters. The molecule has 4 rings (SSSR count). The first-order valence-electron chi connectivity index (χ1n) is 10.1. The van der Waals surface area contributed by atoms with Gasteiger partial charge in [-0.3, -0.25) is 0 Å². The van der Waals surface area contributed by atoms with Crippen LogP contribution < -0.4 is 11.1 Å². The minimum Gasteiger partial charge on any atom is -0.334 e. The second kappa shape index (κ2) is 8.13. The number of carbonyl (C=O) groups excluding carboxylic acids is 1. The molecule has 1 aliphatic heterocycles. The summed E-state index contributed by atoms with van der Waals surface area (Å²) in [6, 6.07) is 10.3. The predicted molar refractivity (Wildman–Crippen MR) is 106 cm³/mol. The molecule has 1 aromatic heterocycles. The molecule has 3 N–H and O–H groups in total. The Morgan fingerprint density at radius 2 is 2.00 bits per heavy atom. The zero-order valence-corrected chi connectivity index (χ0v) is 15.8. The van der Waals surface area contributed by atoms with Crippen molar-refractivity contribution in [2.24, 2.45) is 11.7 Å². The zero-order chi connectivity index (χ0) is 18.6. The lowest BCUT2D eigenvalue weighted by Crippen LogP contribution is -2.51. The molecule has 2 amide bonds. The summed E-state index contributed by atoms with van der Waals surface area (Å²) in [5.41, 5.74) is 9.37. The molecular weight excluding hydrogens is 338 g/mol. The van der Waals surface area contributed by atoms with Crippen molar-refractivity contribution in [3.05, 3.63) is 47.8 Å². The number of nitrogens with two attached hydrogens (primary N) is 1. The molecule has 1 fully saturated rings. The van der Waals surface area contributed by atoms with Crippen LogP contribution in [0.2, 0.25) is 0 Å². The fourth-order valence-electron chi connectivity index (χ4n) is 4.45. The number of benzene rings is 1. The quantitative estimate of drug-likeness (QED) is 0.872. The Kier molecular flexibility index (Phi) is 5.43. The van der Waals surface area contributed by atoms with Gasteiger partial charge in [-0.05, 0) is 30.9 Å². The maximum absolute atomic E-state index is 12.8. The van der Waals surface area contributed by atoms with E-state index >= 15 is 0 Å². The highest BCUT2D eigenvalue weighted by atomic mass is 16.2. The van der Waals surface area contributed by atoms with Crippen LogP contribution in [0.3, 0.4) is 0 Å². The summed E-state index contributed by atoms with van der Waals surface area (Å²) in [7, 11) is 0. The molecule has 27 heavy (non-hydrogen) atoms. The molecule has 0 saturated heterocycles. The highest BCUT2D eigenvalue weighted by Crippen LogP contribution is 2.27. The molecule has 1 saturated carbocycles. The lowest BCUT2D eigenvalue weighted by Gasteiger charge is -2.33. The number of urea groups is 1. The first-order chi connectivity index (χ1) is 13.3. The molecule has 1 atom stereocenters. The fraction of sp³-hybridized carbons (Fsp3) is 0.524. The minimum absolute atomic E-state index is 0.00846. The van der Waals surface area contributed by atoms with Gasteiger partial charge in [0.25, 0.3) is 0 Å². The average Bonchev–Trinajstić information content (AvgIpc) is 3.16. The molecule has 0 spiro atoms. The molecule has 0 bridgehead atoms. The maximum atomic E-state index is 12.8. The number of hydrogen-bond acceptors (Lipinski definition) is 3. The van der Waals surface area contributed by atoms with Crippen LogP contribution in [0.25, 0.3) is 5.69 Å². The normalized spacial score (nSPS) is 18.8. The molecule has 6 nitrogen and oxygen atoms in total. The Morgan fingerprint density at radius 3 is 2.74 bits per heavy atom. The van der Waals surface area contributed by atoms with E-state index in [1.54, 1.807) is 0 Å². The van der Waals surface area contributed by atoms with E-state index in [0.29, 0.717) is 25.6 Å². The van der Waals surface area contributed by atoms with Gasteiger partial charge in [0.05, 0.1) is 24.1 Å². The molecule has 6 heteroatoms. The zero-order valence-electron chi connectivity index (χ0n) is 15.8. The van der Waals surface area contributed by atoms with E-state index in [-0.39, 0.29) is 12.1 Å². The van der Waals surface area contributed by atoms with Gasteiger partial charge in [-0.25, -0.2) is 9.48 Å². The van der Waals surface area contributed by atoms with Gasteiger partial charge in [0.15, 0.2) is 0 Å². The second-order valence-corrected chi connectivity index (χ2v) is 7.73. The maximum Gasteiger partial charge on any atom is 0.317 e. The van der Waals surface area contributed by atoms with Crippen molar-refractivity contribution in [1.29, 1.82) is 0 Å². The standard InChI is InChI=1S/C21H29N5O/c22-13-19(16-7-3-1-4-8-16)24-21(27)25-12-11-20-17(15-25)14-23-26(20)18-9-5-2-6-10-18/h2,5-6,9-10,14,16,19H,1,3-4,7-8,11-13,15,22H2,(H,24,27). The summed E-state index contributed by atoms with van der Waals surface area (Å²) in [4.78, 5) is 14.7. The van der Waals surface area contributed by atoms with Gasteiger partial charge in [0, 0.05) is 31.1 Å². The number of fused-ring (bicyclic) bond motifs is 1. The average molecular weight is 367 g/mol. The van der Waals surface area contributed by atoms with Crippen LogP contribution in [0, 0.1) is 5.92 Å². The van der Waals surface area contributed by atoms with Crippen molar-refractivity contribution >= 4 is 6.03 Å². The van der Waals surface area contributed by atoms with Crippen molar-refractivity contribution in [3.8, 4) is 5.69 Å². The molecule has 2 aromatic rings. The van der Waals surface area contributed by atoms with Crippen LogP contribution in [-0.4, -0.2) is 39.8 Å². The molecular formula is C21H29N5O. The predicted octanol–water partition coefficient (Wildman–Crippen LogP) is 2.85. The number of nitrogens with one attached hydrogen (secondary N) is 1. The van der Waals surface area contributed by atoms with Crippen LogP contribution in [0.5, 0.6) is 0 Å². The smallest absolute Gasteiger partial charge is 0.317 e. The number of rotatable bonds is 4. The van der Waals surface area contributed by atoms with Crippen LogP contribution in [-0.2, 0) is 13.0 Å². The molecule has 0 radical (unpaired) electrons. The van der Waals surface area contributed by atoms with Crippen molar-refractivity contribution in [1.82, 2.24) is 20.0 Å². The summed E-state index contributed by atoms with van der Waals surface area (Å²) in [5, 5.41) is 7.76. The summed E-state index contributed by atoms with van der Waals surface area (Å²) in [5.74, 6) is 0.522. The lowest BCUT2D eigenvalue weighted by atomic mass is 9.84. The van der Waals surface area contributed by atoms with Crippen molar-refractivity contribution in [3.63, 3.8) is 0 Å². The third kappa shape index (κ3) is 3.86. The Morgan fingerprint density at radius 1 is 1.22 bits per heavy atom. The van der Waals surface area contributed by atoms with E-state index in [2.05, 4.69) is 22.5 Å². The monoisotopic (exact) mass is 367 g/mol. The Bertz CT molecular complexity index is 766. The first-order valence-corrected chi connectivity index (χ1v) is 10.1. The van der Waals surface area contributed by atoms with Gasteiger partial charge >= 0.3 is 6.03 Å². The van der Waals surface area contributed by atoms with E-state index in [0.717, 1.165) is 17.7 Å². The molecule has 1 aliphatic carbocycles. The van der Waals surface area contributed by atoms with Gasteiger partial charge in [0.2, 0.25) is 0 Å². The van der Waals surface area contributed by atoms with Gasteiger partial charge < -0.3 is 16.0 Å². The third-order valence-corrected chi connectivity index (χ3v) is 6.00. The number of amides is 2. The number of para-hydroxylation sites is 1. The first kappa shape index (κ1) is 18.0.